The van der Waals surface area contributed by atoms with Crippen LogP contribution in [0, 0.1) is 23.7 Å². The van der Waals surface area contributed by atoms with E-state index in [0.29, 0.717) is 24.4 Å². The average molecular weight is 312 g/mol. The minimum atomic E-state index is -0.700. The Morgan fingerprint density at radius 2 is 1.91 bits per heavy atom. The Morgan fingerprint density at radius 3 is 2.68 bits per heavy atom. The summed E-state index contributed by atoms with van der Waals surface area (Å²) in [6, 6.07) is 0. The highest BCUT2D eigenvalue weighted by molar-refractivity contribution is 5.09. The first-order chi connectivity index (χ1) is 10.5. The molecule has 5 aliphatic rings. The van der Waals surface area contributed by atoms with Crippen molar-refractivity contribution in [3.05, 3.63) is 0 Å². The highest BCUT2D eigenvalue weighted by Gasteiger charge is 2.69. The van der Waals surface area contributed by atoms with Gasteiger partial charge in [0, 0.05) is 24.9 Å². The van der Waals surface area contributed by atoms with E-state index >= 15 is 0 Å². The molecule has 22 heavy (non-hydrogen) atoms. The third-order valence-corrected chi connectivity index (χ3v) is 6.43. The summed E-state index contributed by atoms with van der Waals surface area (Å²) in [6.45, 7) is 9.15. The molecule has 5 fully saturated rings. The van der Waals surface area contributed by atoms with E-state index in [9.17, 15) is 0 Å². The van der Waals surface area contributed by atoms with Crippen LogP contribution < -0.4 is 0 Å². The summed E-state index contributed by atoms with van der Waals surface area (Å²) in [5.41, 5.74) is -0.472. The highest BCUT2D eigenvalue weighted by atomic mass is 17.3. The molecule has 4 aliphatic heterocycles. The lowest BCUT2D eigenvalue weighted by Crippen LogP contribution is -2.70. The summed E-state index contributed by atoms with van der Waals surface area (Å²) in [5, 5.41) is 0. The van der Waals surface area contributed by atoms with E-state index in [4.69, 9.17) is 24.0 Å². The predicted octanol–water partition coefficient (Wildman–Crippen LogP) is 3.23. The van der Waals surface area contributed by atoms with Crippen LogP contribution in [0.25, 0.3) is 0 Å². The van der Waals surface area contributed by atoms with E-state index < -0.39 is 11.4 Å². The van der Waals surface area contributed by atoms with Crippen molar-refractivity contribution in [1.82, 2.24) is 0 Å². The zero-order valence-corrected chi connectivity index (χ0v) is 14.0. The molecule has 0 aromatic heterocycles. The van der Waals surface area contributed by atoms with Crippen LogP contribution in [0.3, 0.4) is 0 Å². The molecule has 126 valence electrons. The van der Waals surface area contributed by atoms with Crippen LogP contribution in [-0.2, 0) is 24.0 Å². The molecule has 1 spiro atoms. The van der Waals surface area contributed by atoms with Crippen molar-refractivity contribution in [3.8, 4) is 0 Å². The monoisotopic (exact) mass is 312 g/mol. The van der Waals surface area contributed by atoms with Gasteiger partial charge in [-0.05, 0) is 44.9 Å². The summed E-state index contributed by atoms with van der Waals surface area (Å²) < 4.78 is 18.3. The smallest absolute Gasteiger partial charge is 0.201 e. The minimum absolute atomic E-state index is 0.216. The standard InChI is InChI=1S/C17H28O5/c1-5-18-14-11(3)13-7-6-10(2)12-8-9-16(4)20-15(19-14)17(12,13)22-21-16/h10-15H,5-9H2,1-4H3/t10-,11-,12+,13+,14?,15-,16+,17-/m1/s1. The molecule has 5 nitrogen and oxygen atoms in total. The predicted molar refractivity (Wildman–Crippen MR) is 78.5 cm³/mol. The molecular weight excluding hydrogens is 284 g/mol. The molecule has 8 atom stereocenters. The third kappa shape index (κ3) is 1.96. The molecule has 5 heteroatoms. The van der Waals surface area contributed by atoms with Crippen molar-refractivity contribution in [2.45, 2.75) is 77.3 Å². The fraction of sp³-hybridized carbons (Fsp3) is 1.00. The van der Waals surface area contributed by atoms with Gasteiger partial charge in [-0.3, -0.25) is 0 Å². The van der Waals surface area contributed by atoms with E-state index in [1.807, 2.05) is 13.8 Å². The van der Waals surface area contributed by atoms with E-state index in [1.165, 1.54) is 6.42 Å². The van der Waals surface area contributed by atoms with Crippen LogP contribution in [-0.4, -0.2) is 30.6 Å². The van der Waals surface area contributed by atoms with E-state index in [0.717, 1.165) is 19.3 Å². The molecule has 1 unspecified atom stereocenters. The lowest BCUT2D eigenvalue weighted by molar-refractivity contribution is -0.577. The summed E-state index contributed by atoms with van der Waals surface area (Å²) >= 11 is 0. The topological polar surface area (TPSA) is 46.2 Å². The van der Waals surface area contributed by atoms with Gasteiger partial charge in [0.2, 0.25) is 5.79 Å². The van der Waals surface area contributed by atoms with Gasteiger partial charge in [0.15, 0.2) is 18.2 Å². The molecule has 1 saturated carbocycles. The van der Waals surface area contributed by atoms with Crippen molar-refractivity contribution in [2.24, 2.45) is 23.7 Å². The molecular formula is C17H28O5. The van der Waals surface area contributed by atoms with E-state index in [1.54, 1.807) is 0 Å². The average Bonchev–Trinajstić information content (AvgIpc) is 2.71. The second kappa shape index (κ2) is 5.15. The van der Waals surface area contributed by atoms with Crippen molar-refractivity contribution in [2.75, 3.05) is 6.61 Å². The van der Waals surface area contributed by atoms with Crippen LogP contribution in [0.5, 0.6) is 0 Å². The molecule has 1 aliphatic carbocycles. The van der Waals surface area contributed by atoms with Crippen molar-refractivity contribution in [3.63, 3.8) is 0 Å². The second-order valence-corrected chi connectivity index (χ2v) is 7.73. The van der Waals surface area contributed by atoms with Gasteiger partial charge in [-0.2, -0.15) is 0 Å². The number of hydrogen-bond acceptors (Lipinski definition) is 5. The maximum atomic E-state index is 6.25. The van der Waals surface area contributed by atoms with E-state index in [2.05, 4.69) is 13.8 Å². The van der Waals surface area contributed by atoms with E-state index in [-0.39, 0.29) is 18.5 Å². The molecule has 0 aromatic rings. The lowest BCUT2D eigenvalue weighted by Gasteiger charge is -2.60. The Bertz CT molecular complexity index is 443. The Labute approximate surface area is 132 Å². The van der Waals surface area contributed by atoms with Gasteiger partial charge in [-0.1, -0.05) is 13.8 Å². The molecule has 0 aromatic carbocycles. The normalized spacial score (nSPS) is 57.3. The number of rotatable bonds is 2. The third-order valence-electron chi connectivity index (χ3n) is 6.43. The summed E-state index contributed by atoms with van der Waals surface area (Å²) in [6.07, 6.45) is 3.66. The van der Waals surface area contributed by atoms with Gasteiger partial charge in [0.1, 0.15) is 0 Å². The maximum absolute atomic E-state index is 6.25. The quantitative estimate of drug-likeness (QED) is 0.733. The first-order valence-corrected chi connectivity index (χ1v) is 8.82. The van der Waals surface area contributed by atoms with Gasteiger partial charge in [-0.15, -0.1) is 0 Å². The maximum Gasteiger partial charge on any atom is 0.201 e. The highest BCUT2D eigenvalue weighted by Crippen LogP contribution is 2.60. The van der Waals surface area contributed by atoms with Gasteiger partial charge in [0.25, 0.3) is 0 Å². The Balaban J connectivity index is 1.75. The number of ether oxygens (including phenoxy) is 3. The van der Waals surface area contributed by atoms with Crippen molar-refractivity contribution in [1.29, 1.82) is 0 Å². The molecule has 0 amide bonds. The minimum Gasteiger partial charge on any atom is -0.353 e. The fourth-order valence-corrected chi connectivity index (χ4v) is 5.23. The summed E-state index contributed by atoms with van der Waals surface area (Å²) in [4.78, 5) is 11.9. The zero-order chi connectivity index (χ0) is 15.5. The van der Waals surface area contributed by atoms with Crippen LogP contribution in [0.2, 0.25) is 0 Å². The summed E-state index contributed by atoms with van der Waals surface area (Å²) in [5.74, 6) is 0.957. The Hall–Kier alpha value is -0.200. The Kier molecular flexibility index (Phi) is 3.59. The zero-order valence-electron chi connectivity index (χ0n) is 14.0. The lowest BCUT2D eigenvalue weighted by atomic mass is 9.58. The first-order valence-electron chi connectivity index (χ1n) is 8.82. The summed E-state index contributed by atoms with van der Waals surface area (Å²) in [7, 11) is 0. The van der Waals surface area contributed by atoms with Gasteiger partial charge in [-0.25, -0.2) is 9.78 Å². The van der Waals surface area contributed by atoms with Crippen LogP contribution in [0.1, 0.15) is 53.4 Å². The fourth-order valence-electron chi connectivity index (χ4n) is 5.23. The number of fused-ring (bicyclic) bond motifs is 2. The number of hydrogen-bond donors (Lipinski definition) is 0. The molecule has 4 saturated heterocycles. The Morgan fingerprint density at radius 1 is 1.09 bits per heavy atom. The second-order valence-electron chi connectivity index (χ2n) is 7.73. The van der Waals surface area contributed by atoms with Crippen molar-refractivity contribution >= 4 is 0 Å². The largest absolute Gasteiger partial charge is 0.353 e. The van der Waals surface area contributed by atoms with Gasteiger partial charge in [0.05, 0.1) is 0 Å². The van der Waals surface area contributed by atoms with Crippen LogP contribution in [0.4, 0.5) is 0 Å². The van der Waals surface area contributed by atoms with Crippen LogP contribution >= 0.6 is 0 Å². The van der Waals surface area contributed by atoms with Gasteiger partial charge >= 0.3 is 0 Å². The van der Waals surface area contributed by atoms with Gasteiger partial charge < -0.3 is 14.2 Å². The molecule has 2 bridgehead atoms. The van der Waals surface area contributed by atoms with Crippen molar-refractivity contribution < 1.29 is 24.0 Å². The SMILES string of the molecule is CCOC1O[C@@H]2O[C@]3(C)CC[C@H]4[C@H](C)CC[C@@H]([C@H]1C)[C@@]24OO3. The first kappa shape index (κ1) is 15.3. The molecule has 4 heterocycles. The molecule has 0 N–H and O–H groups in total. The molecule has 0 radical (unpaired) electrons. The van der Waals surface area contributed by atoms with Crippen LogP contribution in [0.15, 0.2) is 0 Å². The molecule has 5 rings (SSSR count).